The number of rotatable bonds is 6. The molecule has 2 rings (SSSR count). The zero-order chi connectivity index (χ0) is 16.2. The first kappa shape index (κ1) is 20.4. The minimum Gasteiger partial charge on any atom is -0.303 e. The highest BCUT2D eigenvalue weighted by Gasteiger charge is 2.17. The summed E-state index contributed by atoms with van der Waals surface area (Å²) in [6.45, 7) is 9.88. The van der Waals surface area contributed by atoms with Crippen LogP contribution in [0.15, 0.2) is 23.1 Å². The monoisotopic (exact) mass is 360 g/mol. The number of halogens is 1. The van der Waals surface area contributed by atoms with Gasteiger partial charge in [-0.1, -0.05) is 24.6 Å². The summed E-state index contributed by atoms with van der Waals surface area (Å²) in [5, 5.41) is 0. The predicted molar refractivity (Wildman–Crippen MR) is 97.8 cm³/mol. The predicted octanol–water partition coefficient (Wildman–Crippen LogP) is 3.13. The first-order valence-corrected chi connectivity index (χ1v) is 9.66. The molecule has 0 radical (unpaired) electrons. The van der Waals surface area contributed by atoms with Crippen molar-refractivity contribution >= 4 is 22.4 Å². The van der Waals surface area contributed by atoms with Gasteiger partial charge < -0.3 is 4.90 Å². The van der Waals surface area contributed by atoms with Crippen LogP contribution in [0.25, 0.3) is 0 Å². The second-order valence-electron chi connectivity index (χ2n) is 6.54. The number of benzene rings is 1. The summed E-state index contributed by atoms with van der Waals surface area (Å²) in [5.74, 6) is 0.833. The average Bonchev–Trinajstić information content (AvgIpc) is 2.45. The van der Waals surface area contributed by atoms with Crippen LogP contribution in [0.3, 0.4) is 0 Å². The smallest absolute Gasteiger partial charge is 0.240 e. The Labute approximate surface area is 147 Å². The van der Waals surface area contributed by atoms with E-state index >= 15 is 0 Å². The Balaban J connectivity index is 0.00000264. The molecule has 1 aromatic rings. The number of hydrogen-bond donors (Lipinski definition) is 1. The summed E-state index contributed by atoms with van der Waals surface area (Å²) in [6, 6.07) is 5.44. The Morgan fingerprint density at radius 2 is 1.87 bits per heavy atom. The van der Waals surface area contributed by atoms with E-state index in [0.717, 1.165) is 43.1 Å². The van der Waals surface area contributed by atoms with Crippen LogP contribution >= 0.6 is 12.4 Å². The van der Waals surface area contributed by atoms with Crippen molar-refractivity contribution in [1.29, 1.82) is 0 Å². The molecule has 0 aliphatic carbocycles. The highest BCUT2D eigenvalue weighted by atomic mass is 35.5. The van der Waals surface area contributed by atoms with Crippen LogP contribution in [0, 0.1) is 19.8 Å². The number of piperidine rings is 1. The summed E-state index contributed by atoms with van der Waals surface area (Å²) in [7, 11) is -3.39. The van der Waals surface area contributed by atoms with Crippen molar-refractivity contribution in [2.45, 2.75) is 44.9 Å². The van der Waals surface area contributed by atoms with Crippen molar-refractivity contribution in [2.75, 3.05) is 26.2 Å². The van der Waals surface area contributed by atoms with Crippen molar-refractivity contribution < 1.29 is 8.42 Å². The van der Waals surface area contributed by atoms with Crippen molar-refractivity contribution in [3.05, 3.63) is 29.3 Å². The van der Waals surface area contributed by atoms with Gasteiger partial charge in [0.15, 0.2) is 0 Å². The lowest BCUT2D eigenvalue weighted by molar-refractivity contribution is 0.191. The molecule has 0 saturated carbocycles. The Hall–Kier alpha value is -0.620. The average molecular weight is 361 g/mol. The van der Waals surface area contributed by atoms with Crippen LogP contribution in [0.5, 0.6) is 0 Å². The van der Waals surface area contributed by atoms with Gasteiger partial charge in [-0.3, -0.25) is 0 Å². The fourth-order valence-electron chi connectivity index (χ4n) is 2.97. The molecule has 1 fully saturated rings. The topological polar surface area (TPSA) is 49.4 Å². The number of hydrogen-bond acceptors (Lipinski definition) is 3. The van der Waals surface area contributed by atoms with E-state index < -0.39 is 10.0 Å². The Bertz CT molecular complexity index is 597. The molecule has 0 atom stereocenters. The zero-order valence-corrected chi connectivity index (χ0v) is 16.0. The molecule has 1 N–H and O–H groups in total. The van der Waals surface area contributed by atoms with Crippen LogP contribution in [0.1, 0.15) is 37.3 Å². The van der Waals surface area contributed by atoms with Gasteiger partial charge in [0.2, 0.25) is 10.0 Å². The van der Waals surface area contributed by atoms with Crippen LogP contribution < -0.4 is 4.72 Å². The molecule has 1 aliphatic heterocycles. The number of nitrogens with one attached hydrogen (secondary N) is 1. The highest BCUT2D eigenvalue weighted by Crippen LogP contribution is 2.17. The molecule has 0 spiro atoms. The first-order chi connectivity index (χ1) is 10.4. The van der Waals surface area contributed by atoms with Gasteiger partial charge in [-0.25, -0.2) is 13.1 Å². The molecule has 0 bridgehead atoms. The molecule has 6 heteroatoms. The van der Waals surface area contributed by atoms with E-state index in [1.807, 2.05) is 26.0 Å². The fraction of sp³-hybridized carbons (Fsp3) is 0.647. The van der Waals surface area contributed by atoms with E-state index in [0.29, 0.717) is 11.4 Å². The Kier molecular flexibility index (Phi) is 8.01. The van der Waals surface area contributed by atoms with Gasteiger partial charge in [0, 0.05) is 6.54 Å². The third-order valence-corrected chi connectivity index (χ3v) is 6.06. The largest absolute Gasteiger partial charge is 0.303 e. The lowest BCUT2D eigenvalue weighted by Gasteiger charge is -2.30. The molecule has 1 heterocycles. The molecular formula is C17H29ClN2O2S. The van der Waals surface area contributed by atoms with E-state index in [-0.39, 0.29) is 12.4 Å². The maximum absolute atomic E-state index is 12.3. The molecule has 132 valence electrons. The summed E-state index contributed by atoms with van der Waals surface area (Å²) in [4.78, 5) is 2.83. The first-order valence-electron chi connectivity index (χ1n) is 8.18. The zero-order valence-electron chi connectivity index (χ0n) is 14.3. The quantitative estimate of drug-likeness (QED) is 0.793. The van der Waals surface area contributed by atoms with E-state index in [4.69, 9.17) is 0 Å². The molecule has 0 amide bonds. The summed E-state index contributed by atoms with van der Waals surface area (Å²) >= 11 is 0. The lowest BCUT2D eigenvalue weighted by atomic mass is 9.99. The van der Waals surface area contributed by atoms with E-state index in [9.17, 15) is 8.42 Å². The highest BCUT2D eigenvalue weighted by molar-refractivity contribution is 7.89. The maximum atomic E-state index is 12.3. The van der Waals surface area contributed by atoms with Gasteiger partial charge in [0.25, 0.3) is 0 Å². The van der Waals surface area contributed by atoms with Gasteiger partial charge in [-0.05, 0) is 70.3 Å². The Morgan fingerprint density at radius 1 is 1.22 bits per heavy atom. The maximum Gasteiger partial charge on any atom is 0.240 e. The molecule has 0 aromatic heterocycles. The van der Waals surface area contributed by atoms with E-state index in [1.54, 1.807) is 6.07 Å². The molecule has 4 nitrogen and oxygen atoms in total. The third kappa shape index (κ3) is 6.07. The molecule has 1 aromatic carbocycles. The summed E-state index contributed by atoms with van der Waals surface area (Å²) in [5.41, 5.74) is 1.88. The van der Waals surface area contributed by atoms with Crippen molar-refractivity contribution in [1.82, 2.24) is 9.62 Å². The lowest BCUT2D eigenvalue weighted by Crippen LogP contribution is -2.35. The van der Waals surface area contributed by atoms with Crippen molar-refractivity contribution in [2.24, 2.45) is 5.92 Å². The minimum atomic E-state index is -3.39. The summed E-state index contributed by atoms with van der Waals surface area (Å²) < 4.78 is 27.4. The van der Waals surface area contributed by atoms with Crippen LogP contribution in [-0.2, 0) is 10.0 Å². The Morgan fingerprint density at radius 3 is 2.48 bits per heavy atom. The van der Waals surface area contributed by atoms with Gasteiger partial charge in [-0.15, -0.1) is 12.4 Å². The molecule has 0 unspecified atom stereocenters. The van der Waals surface area contributed by atoms with Gasteiger partial charge in [-0.2, -0.15) is 0 Å². The van der Waals surface area contributed by atoms with Crippen LogP contribution in [-0.4, -0.2) is 39.5 Å². The number of likely N-dealkylation sites (tertiary alicyclic amines) is 1. The molecular weight excluding hydrogens is 332 g/mol. The minimum absolute atomic E-state index is 0. The van der Waals surface area contributed by atoms with E-state index in [2.05, 4.69) is 16.5 Å². The molecule has 23 heavy (non-hydrogen) atoms. The molecule has 1 aliphatic rings. The van der Waals surface area contributed by atoms with Gasteiger partial charge in [0.05, 0.1) is 4.90 Å². The van der Waals surface area contributed by atoms with Gasteiger partial charge in [0.1, 0.15) is 0 Å². The summed E-state index contributed by atoms with van der Waals surface area (Å²) in [6.07, 6.45) is 3.38. The van der Waals surface area contributed by atoms with Crippen molar-refractivity contribution in [3.8, 4) is 0 Å². The standard InChI is InChI=1S/C17H28N2O2S.ClH/c1-14-7-11-19(12-8-14)10-4-9-18-22(20,21)17-6-5-15(2)13-16(17)3;/h5-6,13-14,18H,4,7-12H2,1-3H3;1H. The second kappa shape index (κ2) is 9.02. The normalized spacial score (nSPS) is 17.0. The van der Waals surface area contributed by atoms with Crippen molar-refractivity contribution in [3.63, 3.8) is 0 Å². The fourth-order valence-corrected chi connectivity index (χ4v) is 4.27. The van der Waals surface area contributed by atoms with Gasteiger partial charge >= 0.3 is 0 Å². The SMILES string of the molecule is Cc1ccc(S(=O)(=O)NCCCN2CCC(C)CC2)c(C)c1.Cl. The number of aryl methyl sites for hydroxylation is 2. The van der Waals surface area contributed by atoms with Crippen LogP contribution in [0.4, 0.5) is 0 Å². The van der Waals surface area contributed by atoms with Crippen LogP contribution in [0.2, 0.25) is 0 Å². The second-order valence-corrected chi connectivity index (χ2v) is 8.28. The number of sulfonamides is 1. The number of nitrogens with zero attached hydrogens (tertiary/aromatic N) is 1. The molecule has 1 saturated heterocycles. The third-order valence-electron chi connectivity index (χ3n) is 4.44. The van der Waals surface area contributed by atoms with E-state index in [1.165, 1.54) is 12.8 Å².